The highest BCUT2D eigenvalue weighted by atomic mass is 16.7. The van der Waals surface area contributed by atoms with Gasteiger partial charge in [0.1, 0.15) is 6.54 Å². The van der Waals surface area contributed by atoms with Crippen LogP contribution in [-0.4, -0.2) is 54.7 Å². The molecule has 0 spiro atoms. The number of imide groups is 1. The summed E-state index contributed by atoms with van der Waals surface area (Å²) in [5.74, 6) is -1.50. The topological polar surface area (TPSA) is 76.2 Å². The Morgan fingerprint density at radius 1 is 1.19 bits per heavy atom. The minimum atomic E-state index is -0.627. The van der Waals surface area contributed by atoms with Crippen molar-refractivity contribution >= 4 is 17.7 Å². The van der Waals surface area contributed by atoms with Crippen LogP contribution in [0.4, 0.5) is 0 Å². The molecule has 0 aromatic heterocycles. The van der Waals surface area contributed by atoms with E-state index in [0.29, 0.717) is 11.1 Å². The zero-order valence-electron chi connectivity index (χ0n) is 12.0. The third-order valence-electron chi connectivity index (χ3n) is 3.29. The maximum Gasteiger partial charge on any atom is 0.268 e. The van der Waals surface area contributed by atoms with E-state index in [1.807, 2.05) is 0 Å². The van der Waals surface area contributed by atoms with Crippen molar-refractivity contribution in [1.29, 1.82) is 0 Å². The zero-order valence-corrected chi connectivity index (χ0v) is 12.0. The molecule has 7 nitrogen and oxygen atoms in total. The second-order valence-corrected chi connectivity index (χ2v) is 4.48. The number of ether oxygens (including phenoxy) is 1. The number of rotatable bonds is 5. The van der Waals surface area contributed by atoms with Crippen LogP contribution in [0.15, 0.2) is 24.3 Å². The van der Waals surface area contributed by atoms with E-state index in [2.05, 4.69) is 0 Å². The highest BCUT2D eigenvalue weighted by Crippen LogP contribution is 2.22. The predicted octanol–water partition coefficient (Wildman–Crippen LogP) is 0.665. The standard InChI is InChI=1S/C14H16N2O5/c1-9(20-2)16(21-3)12(17)8-15-13(18)10-6-4-5-7-11(10)14(15)19/h4-7,9H,8H2,1-3H3. The summed E-state index contributed by atoms with van der Waals surface area (Å²) in [5.41, 5.74) is 0.609. The molecule has 0 radical (unpaired) electrons. The van der Waals surface area contributed by atoms with Crippen LogP contribution >= 0.6 is 0 Å². The minimum absolute atomic E-state index is 0.305. The molecule has 21 heavy (non-hydrogen) atoms. The third kappa shape index (κ3) is 2.65. The second kappa shape index (κ2) is 6.02. The smallest absolute Gasteiger partial charge is 0.268 e. The Bertz CT molecular complexity index is 551. The lowest BCUT2D eigenvalue weighted by atomic mass is 10.1. The number of carbonyl (C=O) groups excluding carboxylic acids is 3. The van der Waals surface area contributed by atoms with E-state index in [9.17, 15) is 14.4 Å². The first-order valence-corrected chi connectivity index (χ1v) is 6.35. The normalized spacial score (nSPS) is 15.1. The SMILES string of the molecule is COC(C)N(OC)C(=O)CN1C(=O)c2ccccc2C1=O. The first-order valence-electron chi connectivity index (χ1n) is 6.35. The number of benzene rings is 1. The van der Waals surface area contributed by atoms with Gasteiger partial charge in [0.2, 0.25) is 0 Å². The van der Waals surface area contributed by atoms with Crippen molar-refractivity contribution in [1.82, 2.24) is 9.96 Å². The quantitative estimate of drug-likeness (QED) is 0.453. The van der Waals surface area contributed by atoms with Crippen LogP contribution in [0, 0.1) is 0 Å². The number of methoxy groups -OCH3 is 1. The maximum absolute atomic E-state index is 12.2. The van der Waals surface area contributed by atoms with E-state index >= 15 is 0 Å². The van der Waals surface area contributed by atoms with E-state index in [1.165, 1.54) is 14.2 Å². The molecule has 1 aliphatic rings. The molecular formula is C14H16N2O5. The number of hydroxylamine groups is 2. The average Bonchev–Trinajstić information content (AvgIpc) is 2.73. The molecule has 0 aliphatic carbocycles. The number of hydrogen-bond donors (Lipinski definition) is 0. The van der Waals surface area contributed by atoms with Crippen molar-refractivity contribution < 1.29 is 24.0 Å². The van der Waals surface area contributed by atoms with Crippen LogP contribution in [0.1, 0.15) is 27.6 Å². The van der Waals surface area contributed by atoms with Gasteiger partial charge in [-0.15, -0.1) is 0 Å². The summed E-state index contributed by atoms with van der Waals surface area (Å²) >= 11 is 0. The van der Waals surface area contributed by atoms with Crippen molar-refractivity contribution in [3.63, 3.8) is 0 Å². The number of fused-ring (bicyclic) bond motifs is 1. The molecule has 1 aliphatic heterocycles. The van der Waals surface area contributed by atoms with Gasteiger partial charge in [0, 0.05) is 7.11 Å². The molecule has 0 saturated heterocycles. The lowest BCUT2D eigenvalue weighted by Crippen LogP contribution is -2.46. The summed E-state index contributed by atoms with van der Waals surface area (Å²) in [4.78, 5) is 42.3. The molecule has 0 saturated carbocycles. The minimum Gasteiger partial charge on any atom is -0.360 e. The van der Waals surface area contributed by atoms with Gasteiger partial charge in [-0.05, 0) is 19.1 Å². The Balaban J connectivity index is 2.16. The summed E-state index contributed by atoms with van der Waals surface area (Å²) in [6, 6.07) is 6.46. The highest BCUT2D eigenvalue weighted by molar-refractivity contribution is 6.22. The Kier molecular flexibility index (Phi) is 4.35. The molecule has 1 atom stereocenters. The predicted molar refractivity (Wildman–Crippen MR) is 72.1 cm³/mol. The van der Waals surface area contributed by atoms with Gasteiger partial charge in [0.05, 0.1) is 18.2 Å². The molecule has 2 rings (SSSR count). The molecule has 1 aromatic rings. The third-order valence-corrected chi connectivity index (χ3v) is 3.29. The molecule has 0 N–H and O–H groups in total. The lowest BCUT2D eigenvalue weighted by Gasteiger charge is -2.26. The number of nitrogens with zero attached hydrogens (tertiary/aromatic N) is 2. The van der Waals surface area contributed by atoms with Crippen LogP contribution < -0.4 is 0 Å². The number of hydrogen-bond acceptors (Lipinski definition) is 5. The van der Waals surface area contributed by atoms with E-state index in [4.69, 9.17) is 9.57 Å². The van der Waals surface area contributed by atoms with Gasteiger partial charge in [-0.1, -0.05) is 12.1 Å². The van der Waals surface area contributed by atoms with Gasteiger partial charge in [-0.25, -0.2) is 0 Å². The summed E-state index contributed by atoms with van der Waals surface area (Å²) in [7, 11) is 2.74. The summed E-state index contributed by atoms with van der Waals surface area (Å²) < 4.78 is 5.00. The van der Waals surface area contributed by atoms with E-state index in [1.54, 1.807) is 31.2 Å². The van der Waals surface area contributed by atoms with Gasteiger partial charge in [-0.3, -0.25) is 24.1 Å². The van der Waals surface area contributed by atoms with Crippen LogP contribution in [0.25, 0.3) is 0 Å². The first kappa shape index (κ1) is 15.1. The molecule has 1 heterocycles. The molecule has 1 unspecified atom stereocenters. The fourth-order valence-electron chi connectivity index (χ4n) is 2.14. The summed E-state index contributed by atoms with van der Waals surface area (Å²) in [5, 5.41) is 0.976. The molecule has 3 amide bonds. The van der Waals surface area contributed by atoms with Gasteiger partial charge in [0.15, 0.2) is 6.23 Å². The van der Waals surface area contributed by atoms with Crippen molar-refractivity contribution in [3.05, 3.63) is 35.4 Å². The lowest BCUT2D eigenvalue weighted by molar-refractivity contribution is -0.222. The molecule has 0 bridgehead atoms. The van der Waals surface area contributed by atoms with Crippen molar-refractivity contribution in [3.8, 4) is 0 Å². The fourth-order valence-corrected chi connectivity index (χ4v) is 2.14. The Morgan fingerprint density at radius 3 is 2.14 bits per heavy atom. The summed E-state index contributed by atoms with van der Waals surface area (Å²) in [6.45, 7) is 1.22. The highest BCUT2D eigenvalue weighted by Gasteiger charge is 2.37. The Morgan fingerprint density at radius 2 is 1.71 bits per heavy atom. The van der Waals surface area contributed by atoms with Crippen molar-refractivity contribution in [2.75, 3.05) is 20.8 Å². The van der Waals surface area contributed by atoms with Crippen molar-refractivity contribution in [2.24, 2.45) is 0 Å². The largest absolute Gasteiger partial charge is 0.360 e. The average molecular weight is 292 g/mol. The van der Waals surface area contributed by atoms with E-state index in [0.717, 1.165) is 9.96 Å². The van der Waals surface area contributed by atoms with E-state index in [-0.39, 0.29) is 0 Å². The zero-order chi connectivity index (χ0) is 15.6. The summed E-state index contributed by atoms with van der Waals surface area (Å²) in [6.07, 6.45) is -0.627. The Labute approximate surface area is 122 Å². The van der Waals surface area contributed by atoms with Gasteiger partial charge in [-0.2, -0.15) is 5.06 Å². The molecule has 7 heteroatoms. The molecule has 0 fully saturated rings. The van der Waals surface area contributed by atoms with Crippen LogP contribution in [0.2, 0.25) is 0 Å². The fraction of sp³-hybridized carbons (Fsp3) is 0.357. The molecule has 112 valence electrons. The Hall–Kier alpha value is -2.25. The van der Waals surface area contributed by atoms with Crippen molar-refractivity contribution in [2.45, 2.75) is 13.2 Å². The van der Waals surface area contributed by atoms with Gasteiger partial charge in [0.25, 0.3) is 17.7 Å². The maximum atomic E-state index is 12.2. The second-order valence-electron chi connectivity index (χ2n) is 4.48. The van der Waals surface area contributed by atoms with Gasteiger partial charge < -0.3 is 4.74 Å². The van der Waals surface area contributed by atoms with E-state index < -0.39 is 30.5 Å². The molecular weight excluding hydrogens is 276 g/mol. The number of carbonyl (C=O) groups is 3. The van der Waals surface area contributed by atoms with Crippen LogP contribution in [-0.2, 0) is 14.4 Å². The monoisotopic (exact) mass is 292 g/mol. The molecule has 1 aromatic carbocycles. The number of amides is 3. The van der Waals surface area contributed by atoms with Crippen LogP contribution in [0.5, 0.6) is 0 Å². The van der Waals surface area contributed by atoms with Crippen LogP contribution in [0.3, 0.4) is 0 Å². The van der Waals surface area contributed by atoms with Gasteiger partial charge >= 0.3 is 0 Å². The first-order chi connectivity index (χ1) is 10.0.